The Kier molecular flexibility index (Phi) is 7.78. The Morgan fingerprint density at radius 2 is 1.71 bits per heavy atom. The molecule has 0 radical (unpaired) electrons. The van der Waals surface area contributed by atoms with Gasteiger partial charge in [-0.1, -0.05) is 57.0 Å². The second kappa shape index (κ2) is 10.6. The molecule has 4 amide bonds. The monoisotopic (exact) mass is 484 g/mol. The Hall–Kier alpha value is -3.89. The standard InChI is InChI=1S/C24H32N6O5/c1-4-6-13-28(18-19(25)29(14-7-5-2)22(34)26-20(18)32)17(31)15-30-21(33)24(3,27-23(30)35)16-11-9-8-10-12-16/h8-12H,4-7,13-15,25H2,1-3H3,(H,27,35)(H,26,32,34). The summed E-state index contributed by atoms with van der Waals surface area (Å²) < 4.78 is 1.23. The number of nitrogens with one attached hydrogen (secondary N) is 2. The van der Waals surface area contributed by atoms with Crippen molar-refractivity contribution in [2.45, 2.75) is 58.5 Å². The molecule has 1 aromatic carbocycles. The van der Waals surface area contributed by atoms with E-state index in [2.05, 4.69) is 10.3 Å². The first kappa shape index (κ1) is 25.7. The van der Waals surface area contributed by atoms with Crippen LogP contribution < -0.4 is 27.2 Å². The molecule has 0 bridgehead atoms. The van der Waals surface area contributed by atoms with Crippen molar-refractivity contribution in [1.82, 2.24) is 19.8 Å². The largest absolute Gasteiger partial charge is 0.383 e. The number of rotatable bonds is 10. The van der Waals surface area contributed by atoms with Crippen LogP contribution in [0.25, 0.3) is 0 Å². The predicted molar refractivity (Wildman–Crippen MR) is 132 cm³/mol. The van der Waals surface area contributed by atoms with Crippen LogP contribution in [-0.4, -0.2) is 45.4 Å². The number of H-pyrrole nitrogens is 1. The minimum Gasteiger partial charge on any atom is -0.383 e. The van der Waals surface area contributed by atoms with Crippen LogP contribution in [0, 0.1) is 0 Å². The van der Waals surface area contributed by atoms with Gasteiger partial charge in [-0.05, 0) is 25.3 Å². The van der Waals surface area contributed by atoms with Crippen molar-refractivity contribution in [1.29, 1.82) is 0 Å². The van der Waals surface area contributed by atoms with Crippen molar-refractivity contribution >= 4 is 29.4 Å². The smallest absolute Gasteiger partial charge is 0.330 e. The molecule has 1 aromatic heterocycles. The van der Waals surface area contributed by atoms with Crippen molar-refractivity contribution in [3.63, 3.8) is 0 Å². The number of nitrogen functional groups attached to an aromatic ring is 1. The summed E-state index contributed by atoms with van der Waals surface area (Å²) >= 11 is 0. The van der Waals surface area contributed by atoms with Gasteiger partial charge in [-0.15, -0.1) is 0 Å². The maximum Gasteiger partial charge on any atom is 0.330 e. The van der Waals surface area contributed by atoms with Gasteiger partial charge in [-0.2, -0.15) is 0 Å². The van der Waals surface area contributed by atoms with Gasteiger partial charge in [-0.3, -0.25) is 28.8 Å². The minimum atomic E-state index is -1.32. The molecule has 0 spiro atoms. The van der Waals surface area contributed by atoms with Crippen LogP contribution in [0.1, 0.15) is 52.0 Å². The van der Waals surface area contributed by atoms with Crippen molar-refractivity contribution in [2.24, 2.45) is 0 Å². The number of carbonyl (C=O) groups is 3. The molecule has 0 aliphatic carbocycles. The van der Waals surface area contributed by atoms with Gasteiger partial charge in [0.15, 0.2) is 5.69 Å². The molecule has 188 valence electrons. The van der Waals surface area contributed by atoms with Crippen molar-refractivity contribution in [3.05, 3.63) is 56.7 Å². The molecule has 11 heteroatoms. The molecule has 4 N–H and O–H groups in total. The van der Waals surface area contributed by atoms with Gasteiger partial charge in [0.25, 0.3) is 11.5 Å². The highest BCUT2D eigenvalue weighted by Gasteiger charge is 2.49. The number of anilines is 2. The number of hydrogen-bond acceptors (Lipinski definition) is 6. The van der Waals surface area contributed by atoms with Gasteiger partial charge in [0.2, 0.25) is 5.91 Å². The predicted octanol–water partition coefficient (Wildman–Crippen LogP) is 1.52. The maximum absolute atomic E-state index is 13.4. The van der Waals surface area contributed by atoms with E-state index in [4.69, 9.17) is 5.73 Å². The molecule has 1 saturated heterocycles. The number of nitrogens with two attached hydrogens (primary N) is 1. The molecule has 1 atom stereocenters. The van der Waals surface area contributed by atoms with Crippen LogP contribution in [0.4, 0.5) is 16.3 Å². The highest BCUT2D eigenvalue weighted by molar-refractivity contribution is 6.10. The number of aromatic amines is 1. The number of hydrogen-bond donors (Lipinski definition) is 3. The number of benzene rings is 1. The van der Waals surface area contributed by atoms with Crippen LogP contribution in [0.15, 0.2) is 39.9 Å². The molecular weight excluding hydrogens is 452 g/mol. The van der Waals surface area contributed by atoms with Crippen LogP contribution in [-0.2, 0) is 21.7 Å². The zero-order chi connectivity index (χ0) is 25.8. The molecule has 2 heterocycles. The number of unbranched alkanes of at least 4 members (excludes halogenated alkanes) is 2. The van der Waals surface area contributed by atoms with E-state index in [0.29, 0.717) is 24.8 Å². The van der Waals surface area contributed by atoms with E-state index < -0.39 is 41.2 Å². The minimum absolute atomic E-state index is 0.122. The lowest BCUT2D eigenvalue weighted by molar-refractivity contribution is -0.134. The summed E-state index contributed by atoms with van der Waals surface area (Å²) in [6.45, 7) is 5.28. The van der Waals surface area contributed by atoms with E-state index in [1.165, 1.54) is 4.57 Å². The summed E-state index contributed by atoms with van der Waals surface area (Å²) in [5, 5.41) is 2.66. The third-order valence-electron chi connectivity index (χ3n) is 6.18. The number of imide groups is 1. The zero-order valence-corrected chi connectivity index (χ0v) is 20.3. The fourth-order valence-corrected chi connectivity index (χ4v) is 4.08. The van der Waals surface area contributed by atoms with Gasteiger partial charge in [0, 0.05) is 13.1 Å². The first-order valence-corrected chi connectivity index (χ1v) is 11.8. The number of nitrogens with zero attached hydrogens (tertiary/aromatic N) is 3. The molecule has 1 fully saturated rings. The SMILES string of the molecule is CCCCN(C(=O)CN1C(=O)NC(C)(c2ccccc2)C1=O)c1c(N)n(CCCC)c(=O)[nH]c1=O. The molecular formula is C24H32N6O5. The average Bonchev–Trinajstić information content (AvgIpc) is 3.05. The summed E-state index contributed by atoms with van der Waals surface area (Å²) in [6.07, 6.45) is 2.71. The van der Waals surface area contributed by atoms with Crippen LogP contribution in [0.2, 0.25) is 0 Å². The van der Waals surface area contributed by atoms with E-state index in [1.54, 1.807) is 37.3 Å². The molecule has 35 heavy (non-hydrogen) atoms. The summed E-state index contributed by atoms with van der Waals surface area (Å²) in [5.41, 5.74) is 3.86. The number of aromatic nitrogens is 2. The van der Waals surface area contributed by atoms with E-state index in [9.17, 15) is 24.0 Å². The highest BCUT2D eigenvalue weighted by Crippen LogP contribution is 2.29. The van der Waals surface area contributed by atoms with Crippen LogP contribution in [0.5, 0.6) is 0 Å². The van der Waals surface area contributed by atoms with Crippen molar-refractivity contribution < 1.29 is 14.4 Å². The van der Waals surface area contributed by atoms with E-state index in [0.717, 1.165) is 16.2 Å². The topological polar surface area (TPSA) is 151 Å². The third kappa shape index (κ3) is 4.98. The van der Waals surface area contributed by atoms with E-state index in [-0.39, 0.29) is 24.6 Å². The van der Waals surface area contributed by atoms with Crippen molar-refractivity contribution in [2.75, 3.05) is 23.7 Å². The second-order valence-electron chi connectivity index (χ2n) is 8.71. The Morgan fingerprint density at radius 1 is 1.06 bits per heavy atom. The normalized spacial score (nSPS) is 17.5. The number of carbonyl (C=O) groups excluding carboxylic acids is 3. The van der Waals surface area contributed by atoms with Gasteiger partial charge in [0.1, 0.15) is 17.9 Å². The Labute approximate surface area is 202 Å². The summed E-state index contributed by atoms with van der Waals surface area (Å²) in [5.74, 6) is -1.35. The third-order valence-corrected chi connectivity index (χ3v) is 6.18. The lowest BCUT2D eigenvalue weighted by Crippen LogP contribution is -2.47. The molecule has 1 unspecified atom stereocenters. The summed E-state index contributed by atoms with van der Waals surface area (Å²) in [6, 6.07) is 8.03. The van der Waals surface area contributed by atoms with E-state index in [1.807, 2.05) is 13.8 Å². The van der Waals surface area contributed by atoms with Gasteiger partial charge in [0.05, 0.1) is 0 Å². The van der Waals surface area contributed by atoms with Crippen LogP contribution >= 0.6 is 0 Å². The van der Waals surface area contributed by atoms with Gasteiger partial charge < -0.3 is 16.0 Å². The molecule has 11 nitrogen and oxygen atoms in total. The molecule has 3 rings (SSSR count). The Morgan fingerprint density at radius 3 is 2.34 bits per heavy atom. The lowest BCUT2D eigenvalue weighted by atomic mass is 9.92. The second-order valence-corrected chi connectivity index (χ2v) is 8.71. The van der Waals surface area contributed by atoms with E-state index >= 15 is 0 Å². The summed E-state index contributed by atoms with van der Waals surface area (Å²) in [7, 11) is 0. The zero-order valence-electron chi connectivity index (χ0n) is 20.3. The number of urea groups is 1. The molecule has 0 saturated carbocycles. The molecule has 1 aliphatic heterocycles. The number of amides is 4. The Balaban J connectivity index is 1.95. The van der Waals surface area contributed by atoms with Crippen molar-refractivity contribution in [3.8, 4) is 0 Å². The fraction of sp³-hybridized carbons (Fsp3) is 0.458. The lowest BCUT2D eigenvalue weighted by Gasteiger charge is -2.26. The molecule has 2 aromatic rings. The summed E-state index contributed by atoms with van der Waals surface area (Å²) in [4.78, 5) is 68.7. The first-order chi connectivity index (χ1) is 16.7. The average molecular weight is 485 g/mol. The van der Waals surface area contributed by atoms with Gasteiger partial charge >= 0.3 is 11.7 Å². The highest BCUT2D eigenvalue weighted by atomic mass is 16.2. The maximum atomic E-state index is 13.4. The quantitative estimate of drug-likeness (QED) is 0.435. The fourth-order valence-electron chi connectivity index (χ4n) is 4.08. The van der Waals surface area contributed by atoms with Crippen LogP contribution in [0.3, 0.4) is 0 Å². The first-order valence-electron chi connectivity index (χ1n) is 11.8. The Bertz CT molecular complexity index is 1220. The molecule has 1 aliphatic rings. The van der Waals surface area contributed by atoms with Gasteiger partial charge in [-0.25, -0.2) is 9.59 Å².